The summed E-state index contributed by atoms with van der Waals surface area (Å²) >= 11 is 7.51. The van der Waals surface area contributed by atoms with Crippen molar-refractivity contribution >= 4 is 22.9 Å². The Morgan fingerprint density at radius 1 is 1.38 bits per heavy atom. The molecule has 0 aliphatic carbocycles. The van der Waals surface area contributed by atoms with Gasteiger partial charge < -0.3 is 9.73 Å². The Bertz CT molecular complexity index is 449. The molecule has 0 spiro atoms. The lowest BCUT2D eigenvalue weighted by Crippen LogP contribution is -2.13. The number of hydrogen-bond donors (Lipinski definition) is 1. The first kappa shape index (κ1) is 11.7. The smallest absolute Gasteiger partial charge is 0.126 e. The van der Waals surface area contributed by atoms with Gasteiger partial charge in [-0.1, -0.05) is 18.5 Å². The van der Waals surface area contributed by atoms with Crippen LogP contribution in [-0.4, -0.2) is 6.54 Å². The van der Waals surface area contributed by atoms with Crippen molar-refractivity contribution in [3.63, 3.8) is 0 Å². The fraction of sp³-hybridized carbons (Fsp3) is 0.333. The molecule has 2 aromatic rings. The minimum Gasteiger partial charge on any atom is -0.467 e. The lowest BCUT2D eigenvalue weighted by molar-refractivity contribution is 0.484. The van der Waals surface area contributed by atoms with Gasteiger partial charge in [-0.3, -0.25) is 0 Å². The number of halogens is 1. The second-order valence-electron chi connectivity index (χ2n) is 3.54. The van der Waals surface area contributed by atoms with Crippen LogP contribution >= 0.6 is 22.9 Å². The van der Waals surface area contributed by atoms with Crippen LogP contribution in [0.2, 0.25) is 4.34 Å². The second-order valence-corrected chi connectivity index (χ2v) is 5.25. The summed E-state index contributed by atoms with van der Waals surface area (Å²) in [7, 11) is 0. The maximum atomic E-state index is 5.93. The van der Waals surface area contributed by atoms with Crippen LogP contribution in [0.4, 0.5) is 0 Å². The molecule has 0 saturated heterocycles. The number of thiophene rings is 1. The number of furan rings is 1. The van der Waals surface area contributed by atoms with Crippen molar-refractivity contribution < 1.29 is 4.42 Å². The third-order valence-corrected chi connectivity index (χ3v) is 3.56. The van der Waals surface area contributed by atoms with Crippen LogP contribution in [0.5, 0.6) is 0 Å². The summed E-state index contributed by atoms with van der Waals surface area (Å²) in [5, 5.41) is 3.33. The lowest BCUT2D eigenvalue weighted by Gasteiger charge is -2.02. The maximum absolute atomic E-state index is 5.93. The summed E-state index contributed by atoms with van der Waals surface area (Å²) in [6.45, 7) is 3.92. The van der Waals surface area contributed by atoms with Crippen LogP contribution < -0.4 is 5.32 Å². The molecular formula is C12H14ClNOS. The van der Waals surface area contributed by atoms with Gasteiger partial charge in [0.05, 0.1) is 17.1 Å². The summed E-state index contributed by atoms with van der Waals surface area (Å²) in [6, 6.07) is 5.93. The highest BCUT2D eigenvalue weighted by molar-refractivity contribution is 7.19. The number of rotatable bonds is 5. The fourth-order valence-electron chi connectivity index (χ4n) is 1.53. The molecule has 0 bridgehead atoms. The van der Waals surface area contributed by atoms with Crippen molar-refractivity contribution in [3.8, 4) is 10.4 Å². The van der Waals surface area contributed by atoms with Crippen LogP contribution in [0.25, 0.3) is 10.4 Å². The molecule has 16 heavy (non-hydrogen) atoms. The largest absolute Gasteiger partial charge is 0.467 e. The molecule has 0 atom stereocenters. The third kappa shape index (κ3) is 2.67. The van der Waals surface area contributed by atoms with Crippen molar-refractivity contribution in [2.24, 2.45) is 0 Å². The van der Waals surface area contributed by atoms with E-state index >= 15 is 0 Å². The van der Waals surface area contributed by atoms with Gasteiger partial charge in [0, 0.05) is 10.4 Å². The van der Waals surface area contributed by atoms with E-state index < -0.39 is 0 Å². The van der Waals surface area contributed by atoms with Crippen molar-refractivity contribution in [3.05, 3.63) is 34.6 Å². The molecule has 0 saturated carbocycles. The highest BCUT2D eigenvalue weighted by Crippen LogP contribution is 2.33. The van der Waals surface area contributed by atoms with Crippen LogP contribution in [0, 0.1) is 0 Å². The Hall–Kier alpha value is -0.770. The number of hydrogen-bond acceptors (Lipinski definition) is 3. The molecule has 0 aromatic carbocycles. The normalized spacial score (nSPS) is 10.9. The van der Waals surface area contributed by atoms with Gasteiger partial charge in [0.25, 0.3) is 0 Å². The first-order valence-corrected chi connectivity index (χ1v) is 6.53. The molecule has 0 fully saturated rings. The van der Waals surface area contributed by atoms with Gasteiger partial charge in [0.1, 0.15) is 5.76 Å². The van der Waals surface area contributed by atoms with Crippen LogP contribution in [0.3, 0.4) is 0 Å². The molecule has 2 aromatic heterocycles. The predicted molar refractivity (Wildman–Crippen MR) is 69.0 cm³/mol. The predicted octanol–water partition coefficient (Wildman–Crippen LogP) is 4.16. The quantitative estimate of drug-likeness (QED) is 0.812. The van der Waals surface area contributed by atoms with E-state index in [1.807, 2.05) is 18.2 Å². The molecule has 2 nitrogen and oxygen atoms in total. The third-order valence-electron chi connectivity index (χ3n) is 2.30. The van der Waals surface area contributed by atoms with Gasteiger partial charge in [-0.2, -0.15) is 0 Å². The van der Waals surface area contributed by atoms with E-state index in [2.05, 4.69) is 12.2 Å². The minimum absolute atomic E-state index is 0.770. The summed E-state index contributed by atoms with van der Waals surface area (Å²) in [5.41, 5.74) is 1.14. The Kier molecular flexibility index (Phi) is 4.04. The van der Waals surface area contributed by atoms with Crippen molar-refractivity contribution in [1.29, 1.82) is 0 Å². The van der Waals surface area contributed by atoms with Crippen LogP contribution in [0.1, 0.15) is 19.1 Å². The van der Waals surface area contributed by atoms with Gasteiger partial charge >= 0.3 is 0 Å². The molecule has 0 radical (unpaired) electrons. The molecule has 0 aliphatic heterocycles. The zero-order valence-corrected chi connectivity index (χ0v) is 10.7. The van der Waals surface area contributed by atoms with Crippen LogP contribution in [-0.2, 0) is 6.54 Å². The Morgan fingerprint density at radius 2 is 2.25 bits per heavy atom. The first-order valence-electron chi connectivity index (χ1n) is 5.34. The van der Waals surface area contributed by atoms with Crippen molar-refractivity contribution in [2.75, 3.05) is 6.54 Å². The lowest BCUT2D eigenvalue weighted by atomic mass is 10.2. The highest BCUT2D eigenvalue weighted by atomic mass is 35.5. The van der Waals surface area contributed by atoms with Gasteiger partial charge in [0.15, 0.2) is 0 Å². The average molecular weight is 256 g/mol. The molecule has 0 amide bonds. The maximum Gasteiger partial charge on any atom is 0.126 e. The van der Waals surface area contributed by atoms with Gasteiger partial charge in [-0.15, -0.1) is 11.3 Å². The minimum atomic E-state index is 0.770. The molecule has 2 rings (SSSR count). The highest BCUT2D eigenvalue weighted by Gasteiger charge is 2.10. The second kappa shape index (κ2) is 5.53. The monoisotopic (exact) mass is 255 g/mol. The summed E-state index contributed by atoms with van der Waals surface area (Å²) in [5.74, 6) is 0.979. The molecule has 0 aliphatic rings. The molecule has 0 unspecified atom stereocenters. The topological polar surface area (TPSA) is 25.2 Å². The standard InChI is InChI=1S/C12H14ClNOS/c1-2-6-14-8-10-9(5-7-15-10)11-3-4-12(13)16-11/h3-5,7,14H,2,6,8H2,1H3. The van der Waals surface area contributed by atoms with E-state index in [0.29, 0.717) is 0 Å². The Labute approximate surface area is 104 Å². The van der Waals surface area contributed by atoms with Crippen molar-refractivity contribution in [2.45, 2.75) is 19.9 Å². The summed E-state index contributed by atoms with van der Waals surface area (Å²) < 4.78 is 6.28. The SMILES string of the molecule is CCCNCc1occc1-c1ccc(Cl)s1. The zero-order valence-electron chi connectivity index (χ0n) is 9.13. The van der Waals surface area contributed by atoms with Crippen molar-refractivity contribution in [1.82, 2.24) is 5.32 Å². The average Bonchev–Trinajstić information content (AvgIpc) is 2.87. The molecule has 86 valence electrons. The van der Waals surface area contributed by atoms with E-state index in [4.69, 9.17) is 16.0 Å². The summed E-state index contributed by atoms with van der Waals surface area (Å²) in [4.78, 5) is 1.16. The molecule has 2 heterocycles. The van der Waals surface area contributed by atoms with Gasteiger partial charge in [-0.25, -0.2) is 0 Å². The van der Waals surface area contributed by atoms with Gasteiger partial charge in [-0.05, 0) is 31.2 Å². The molecule has 1 N–H and O–H groups in total. The zero-order chi connectivity index (χ0) is 11.4. The van der Waals surface area contributed by atoms with Gasteiger partial charge in [0.2, 0.25) is 0 Å². The van der Waals surface area contributed by atoms with E-state index in [1.54, 1.807) is 17.6 Å². The number of nitrogens with one attached hydrogen (secondary N) is 1. The Morgan fingerprint density at radius 3 is 2.94 bits per heavy atom. The van der Waals surface area contributed by atoms with E-state index in [9.17, 15) is 0 Å². The Balaban J connectivity index is 2.12. The summed E-state index contributed by atoms with van der Waals surface area (Å²) in [6.07, 6.45) is 2.85. The fourth-order valence-corrected chi connectivity index (χ4v) is 2.62. The van der Waals surface area contributed by atoms with Crippen LogP contribution in [0.15, 0.2) is 28.9 Å². The van der Waals surface area contributed by atoms with E-state index in [-0.39, 0.29) is 0 Å². The molecular weight excluding hydrogens is 242 g/mol. The van der Waals surface area contributed by atoms with E-state index in [1.165, 1.54) is 0 Å². The molecule has 4 heteroatoms. The first-order chi connectivity index (χ1) is 7.81. The van der Waals surface area contributed by atoms with E-state index in [0.717, 1.165) is 40.0 Å².